The number of carbonyl (C=O) groups is 1. The van der Waals surface area contributed by atoms with Crippen molar-refractivity contribution in [2.24, 2.45) is 0 Å². The minimum atomic E-state index is -3.75. The normalized spacial score (nSPS) is 11.3. The number of hydrogen-bond acceptors (Lipinski definition) is 6. The van der Waals surface area contributed by atoms with Gasteiger partial charge in [0.25, 0.3) is 15.9 Å². The summed E-state index contributed by atoms with van der Waals surface area (Å²) in [7, 11) is -3.75. The van der Waals surface area contributed by atoms with Crippen molar-refractivity contribution in [3.63, 3.8) is 0 Å². The van der Waals surface area contributed by atoms with Gasteiger partial charge in [0.2, 0.25) is 0 Å². The van der Waals surface area contributed by atoms with Crippen molar-refractivity contribution in [3.05, 3.63) is 82.0 Å². The Kier molecular flexibility index (Phi) is 6.61. The molecule has 10 heteroatoms. The molecule has 0 atom stereocenters. The highest BCUT2D eigenvalue weighted by atomic mass is 35.5. The van der Waals surface area contributed by atoms with E-state index in [-0.39, 0.29) is 17.3 Å². The third kappa shape index (κ3) is 4.71. The molecule has 1 N–H and O–H groups in total. The third-order valence-corrected chi connectivity index (χ3v) is 8.51. The maximum atomic E-state index is 13.1. The number of aromatic nitrogens is 1. The Bertz CT molecular complexity index is 1330. The van der Waals surface area contributed by atoms with Crippen LogP contribution in [-0.4, -0.2) is 25.9 Å². The van der Waals surface area contributed by atoms with Crippen LogP contribution in [0, 0.1) is 0 Å². The number of nitrogens with one attached hydrogen (secondary N) is 1. The Morgan fingerprint density at radius 2 is 1.78 bits per heavy atom. The van der Waals surface area contributed by atoms with Crippen LogP contribution in [0.1, 0.15) is 17.3 Å². The molecule has 4 rings (SSSR count). The maximum Gasteiger partial charge on any atom is 0.264 e. The second-order valence-corrected chi connectivity index (χ2v) is 11.1. The molecule has 2 aromatic heterocycles. The second kappa shape index (κ2) is 9.41. The van der Waals surface area contributed by atoms with Gasteiger partial charge in [-0.05, 0) is 55.5 Å². The predicted octanol–water partition coefficient (Wildman–Crippen LogP) is 5.99. The van der Waals surface area contributed by atoms with E-state index >= 15 is 0 Å². The number of para-hydroxylation sites is 1. The molecule has 32 heavy (non-hydrogen) atoms. The molecule has 164 valence electrons. The van der Waals surface area contributed by atoms with Gasteiger partial charge in [-0.25, -0.2) is 13.4 Å². The highest BCUT2D eigenvalue weighted by Gasteiger charge is 2.23. The summed E-state index contributed by atoms with van der Waals surface area (Å²) < 4.78 is 28.2. The van der Waals surface area contributed by atoms with Gasteiger partial charge in [-0.1, -0.05) is 29.8 Å². The lowest BCUT2D eigenvalue weighted by Gasteiger charge is -2.22. The molecule has 4 aromatic rings. The first-order valence-electron chi connectivity index (χ1n) is 9.59. The SMILES string of the molecule is CCN(c1ccccc1)S(=O)(=O)c1ccc(C(=O)Nc2nc(-c3ccc(Cl)s3)cs2)cc1. The summed E-state index contributed by atoms with van der Waals surface area (Å²) >= 11 is 8.69. The van der Waals surface area contributed by atoms with Crippen LogP contribution < -0.4 is 9.62 Å². The lowest BCUT2D eigenvalue weighted by Crippen LogP contribution is -2.30. The topological polar surface area (TPSA) is 79.4 Å². The van der Waals surface area contributed by atoms with Gasteiger partial charge in [0, 0.05) is 17.5 Å². The van der Waals surface area contributed by atoms with Crippen LogP contribution >= 0.6 is 34.3 Å². The average Bonchev–Trinajstić information content (AvgIpc) is 3.44. The first-order chi connectivity index (χ1) is 15.4. The van der Waals surface area contributed by atoms with Gasteiger partial charge in [-0.3, -0.25) is 14.4 Å². The zero-order valence-corrected chi connectivity index (χ0v) is 20.1. The van der Waals surface area contributed by atoms with Gasteiger partial charge in [0.1, 0.15) is 0 Å². The summed E-state index contributed by atoms with van der Waals surface area (Å²) in [6.07, 6.45) is 0. The summed E-state index contributed by atoms with van der Waals surface area (Å²) in [4.78, 5) is 18.1. The number of hydrogen-bond donors (Lipinski definition) is 1. The molecule has 0 saturated heterocycles. The number of nitrogens with zero attached hydrogens (tertiary/aromatic N) is 2. The van der Waals surface area contributed by atoms with Gasteiger partial charge in [-0.2, -0.15) is 0 Å². The Labute approximate surface area is 199 Å². The van der Waals surface area contributed by atoms with Gasteiger partial charge in [-0.15, -0.1) is 22.7 Å². The molecular weight excluding hydrogens is 486 g/mol. The Morgan fingerprint density at radius 3 is 2.41 bits per heavy atom. The number of amides is 1. The fraction of sp³-hybridized carbons (Fsp3) is 0.0909. The standard InChI is InChI=1S/C22H18ClN3O3S3/c1-2-26(16-6-4-3-5-7-16)32(28,29)17-10-8-15(9-11-17)21(27)25-22-24-18(14-30-22)19-12-13-20(23)31-19/h3-14H,2H2,1H3,(H,24,25,27). The predicted molar refractivity (Wildman–Crippen MR) is 131 cm³/mol. The molecule has 0 aliphatic rings. The van der Waals surface area contributed by atoms with E-state index in [4.69, 9.17) is 11.6 Å². The molecule has 0 aliphatic carbocycles. The second-order valence-electron chi connectivity index (χ2n) is 6.63. The largest absolute Gasteiger partial charge is 0.298 e. The van der Waals surface area contributed by atoms with E-state index < -0.39 is 10.0 Å². The van der Waals surface area contributed by atoms with Crippen molar-refractivity contribution in [1.82, 2.24) is 4.98 Å². The number of halogens is 1. The Hall–Kier alpha value is -2.72. The van der Waals surface area contributed by atoms with Crippen LogP contribution in [-0.2, 0) is 10.0 Å². The van der Waals surface area contributed by atoms with Crippen LogP contribution in [0.3, 0.4) is 0 Å². The van der Waals surface area contributed by atoms with Crippen molar-refractivity contribution in [2.75, 3.05) is 16.2 Å². The first kappa shape index (κ1) is 22.5. The molecule has 0 fully saturated rings. The van der Waals surface area contributed by atoms with E-state index in [1.54, 1.807) is 37.3 Å². The summed E-state index contributed by atoms with van der Waals surface area (Å²) in [5.74, 6) is -0.366. The summed E-state index contributed by atoms with van der Waals surface area (Å²) in [5.41, 5.74) is 1.66. The minimum Gasteiger partial charge on any atom is -0.298 e. The quantitative estimate of drug-likeness (QED) is 0.336. The molecule has 0 radical (unpaired) electrons. The number of carbonyl (C=O) groups excluding carboxylic acids is 1. The average molecular weight is 504 g/mol. The highest BCUT2D eigenvalue weighted by Crippen LogP contribution is 2.33. The van der Waals surface area contributed by atoms with E-state index in [1.807, 2.05) is 17.5 Å². The van der Waals surface area contributed by atoms with E-state index in [0.29, 0.717) is 20.7 Å². The van der Waals surface area contributed by atoms with Crippen molar-refractivity contribution >= 4 is 61.0 Å². The lowest BCUT2D eigenvalue weighted by atomic mass is 10.2. The molecule has 0 aliphatic heterocycles. The molecule has 0 unspecified atom stereocenters. The van der Waals surface area contributed by atoms with Gasteiger partial charge in [0.05, 0.1) is 25.5 Å². The van der Waals surface area contributed by atoms with Gasteiger partial charge in [0.15, 0.2) is 5.13 Å². The molecule has 1 amide bonds. The zero-order valence-electron chi connectivity index (χ0n) is 16.9. The van der Waals surface area contributed by atoms with E-state index in [1.165, 1.54) is 51.2 Å². The van der Waals surface area contributed by atoms with E-state index in [9.17, 15) is 13.2 Å². The molecule has 0 saturated carbocycles. The van der Waals surface area contributed by atoms with Crippen LogP contribution in [0.15, 0.2) is 77.0 Å². The molecule has 0 spiro atoms. The van der Waals surface area contributed by atoms with Crippen molar-refractivity contribution in [1.29, 1.82) is 0 Å². The minimum absolute atomic E-state index is 0.117. The Morgan fingerprint density at radius 1 is 1.06 bits per heavy atom. The molecular formula is C22H18ClN3O3S3. The first-order valence-corrected chi connectivity index (χ1v) is 13.1. The number of thiazole rings is 1. The fourth-order valence-corrected chi connectivity index (χ4v) is 6.31. The summed E-state index contributed by atoms with van der Waals surface area (Å²) in [5, 5.41) is 5.05. The zero-order chi connectivity index (χ0) is 22.7. The van der Waals surface area contributed by atoms with Crippen LogP contribution in [0.5, 0.6) is 0 Å². The number of anilines is 2. The van der Waals surface area contributed by atoms with Crippen LogP contribution in [0.2, 0.25) is 4.34 Å². The van der Waals surface area contributed by atoms with Crippen molar-refractivity contribution in [3.8, 4) is 10.6 Å². The van der Waals surface area contributed by atoms with E-state index in [2.05, 4.69) is 10.3 Å². The third-order valence-electron chi connectivity index (χ3n) is 4.59. The molecule has 6 nitrogen and oxygen atoms in total. The smallest absolute Gasteiger partial charge is 0.264 e. The molecule has 2 heterocycles. The Balaban J connectivity index is 1.49. The number of sulfonamides is 1. The van der Waals surface area contributed by atoms with Gasteiger partial charge >= 0.3 is 0 Å². The monoisotopic (exact) mass is 503 g/mol. The maximum absolute atomic E-state index is 13.1. The van der Waals surface area contributed by atoms with Crippen molar-refractivity contribution in [2.45, 2.75) is 11.8 Å². The van der Waals surface area contributed by atoms with Crippen LogP contribution in [0.25, 0.3) is 10.6 Å². The van der Waals surface area contributed by atoms with Crippen molar-refractivity contribution < 1.29 is 13.2 Å². The lowest BCUT2D eigenvalue weighted by molar-refractivity contribution is 0.102. The number of thiophene rings is 1. The highest BCUT2D eigenvalue weighted by molar-refractivity contribution is 7.92. The fourth-order valence-electron chi connectivity index (χ4n) is 3.06. The molecule has 2 aromatic carbocycles. The van der Waals surface area contributed by atoms with E-state index in [0.717, 1.165) is 10.6 Å². The molecule has 0 bridgehead atoms. The van der Waals surface area contributed by atoms with Gasteiger partial charge < -0.3 is 0 Å². The summed E-state index contributed by atoms with van der Waals surface area (Å²) in [6.45, 7) is 2.06. The number of rotatable bonds is 7. The number of benzene rings is 2. The summed E-state index contributed by atoms with van der Waals surface area (Å²) in [6, 6.07) is 18.4. The van der Waals surface area contributed by atoms with Crippen LogP contribution in [0.4, 0.5) is 10.8 Å².